The monoisotopic (exact) mass is 372 g/mol. The molecule has 0 N–H and O–H groups in total. The van der Waals surface area contributed by atoms with E-state index in [1.165, 1.54) is 17.5 Å². The third-order valence-corrected chi connectivity index (χ3v) is 5.32. The Morgan fingerprint density at radius 1 is 1.23 bits per heavy atom. The number of amides is 1. The molecule has 0 aliphatic heterocycles. The lowest BCUT2D eigenvalue weighted by molar-refractivity contribution is -0.119. The Morgan fingerprint density at radius 2 is 2.04 bits per heavy atom. The molecular formula is C18H24N6OS. The first kappa shape index (κ1) is 18.5. The van der Waals surface area contributed by atoms with Crippen LogP contribution in [0.1, 0.15) is 17.5 Å². The van der Waals surface area contributed by atoms with E-state index in [1.54, 1.807) is 27.2 Å². The van der Waals surface area contributed by atoms with Crippen molar-refractivity contribution in [2.75, 3.05) is 32.1 Å². The van der Waals surface area contributed by atoms with Gasteiger partial charge in [-0.1, -0.05) is 17.4 Å². The molecule has 0 bridgehead atoms. The minimum Gasteiger partial charge on any atom is -0.309 e. The highest BCUT2D eigenvalue weighted by Gasteiger charge is 2.21. The lowest BCUT2D eigenvalue weighted by Crippen LogP contribution is -2.36. The molecule has 2 heterocycles. The van der Waals surface area contributed by atoms with Crippen molar-refractivity contribution in [1.29, 1.82) is 0 Å². The molecule has 0 saturated carbocycles. The number of nitrogens with zero attached hydrogens (tertiary/aromatic N) is 6. The number of hydrogen-bond acceptors (Lipinski definition) is 6. The molecule has 1 aromatic carbocycles. The number of aromatic nitrogens is 4. The van der Waals surface area contributed by atoms with E-state index in [0.717, 1.165) is 28.3 Å². The molecule has 7 nitrogen and oxygen atoms in total. The molecule has 0 aliphatic rings. The fourth-order valence-electron chi connectivity index (χ4n) is 2.89. The number of fused-ring (bicyclic) bond motifs is 1. The van der Waals surface area contributed by atoms with Crippen LogP contribution < -0.4 is 4.90 Å². The molecule has 0 saturated heterocycles. The normalized spacial score (nSPS) is 11.4. The SMILES string of the molecule is Cc1cc(C)c2sc(N(CCCN(C)C)C(=O)Cn3cncn3)nc2c1. The molecule has 0 spiro atoms. The fraction of sp³-hybridized carbons (Fsp3) is 0.444. The first-order valence-electron chi connectivity index (χ1n) is 8.59. The summed E-state index contributed by atoms with van der Waals surface area (Å²) in [6, 6.07) is 4.22. The number of anilines is 1. The second-order valence-electron chi connectivity index (χ2n) is 6.72. The van der Waals surface area contributed by atoms with Crippen LogP contribution >= 0.6 is 11.3 Å². The third kappa shape index (κ3) is 4.25. The highest BCUT2D eigenvalue weighted by atomic mass is 32.1. The van der Waals surface area contributed by atoms with Crippen molar-refractivity contribution in [3.05, 3.63) is 35.9 Å². The van der Waals surface area contributed by atoms with Gasteiger partial charge in [-0.2, -0.15) is 5.10 Å². The second kappa shape index (κ2) is 7.92. The van der Waals surface area contributed by atoms with Crippen LogP contribution in [-0.4, -0.2) is 57.7 Å². The van der Waals surface area contributed by atoms with Crippen molar-refractivity contribution in [3.63, 3.8) is 0 Å². The lowest BCUT2D eigenvalue weighted by atomic mass is 10.1. The first-order valence-corrected chi connectivity index (χ1v) is 9.41. The van der Waals surface area contributed by atoms with Crippen LogP contribution in [0.4, 0.5) is 5.13 Å². The summed E-state index contributed by atoms with van der Waals surface area (Å²) >= 11 is 1.58. The zero-order chi connectivity index (χ0) is 18.7. The van der Waals surface area contributed by atoms with Crippen molar-refractivity contribution in [3.8, 4) is 0 Å². The van der Waals surface area contributed by atoms with Crippen LogP contribution in [0.5, 0.6) is 0 Å². The van der Waals surface area contributed by atoms with E-state index in [-0.39, 0.29) is 12.5 Å². The average Bonchev–Trinajstić information content (AvgIpc) is 3.20. The van der Waals surface area contributed by atoms with Gasteiger partial charge in [0.05, 0.1) is 10.2 Å². The number of benzene rings is 1. The molecule has 26 heavy (non-hydrogen) atoms. The van der Waals surface area contributed by atoms with Crippen LogP contribution in [0.25, 0.3) is 10.2 Å². The quantitative estimate of drug-likeness (QED) is 0.637. The molecule has 0 unspecified atom stereocenters. The minimum absolute atomic E-state index is 0.0253. The Balaban J connectivity index is 1.88. The number of aryl methyl sites for hydroxylation is 2. The maximum atomic E-state index is 12.9. The predicted molar refractivity (Wildman–Crippen MR) is 105 cm³/mol. The van der Waals surface area contributed by atoms with Gasteiger partial charge < -0.3 is 4.90 Å². The summed E-state index contributed by atoms with van der Waals surface area (Å²) in [5.74, 6) is -0.0253. The largest absolute Gasteiger partial charge is 0.309 e. The van der Waals surface area contributed by atoms with Crippen LogP contribution in [0, 0.1) is 13.8 Å². The van der Waals surface area contributed by atoms with Gasteiger partial charge in [0.15, 0.2) is 5.13 Å². The van der Waals surface area contributed by atoms with Crippen LogP contribution in [0.2, 0.25) is 0 Å². The Labute approximate surface area is 157 Å². The van der Waals surface area contributed by atoms with E-state index in [4.69, 9.17) is 4.98 Å². The van der Waals surface area contributed by atoms with Gasteiger partial charge in [-0.3, -0.25) is 9.69 Å². The summed E-state index contributed by atoms with van der Waals surface area (Å²) in [4.78, 5) is 25.5. The summed E-state index contributed by atoms with van der Waals surface area (Å²) in [5.41, 5.74) is 3.33. The van der Waals surface area contributed by atoms with Gasteiger partial charge in [-0.15, -0.1) is 0 Å². The summed E-state index contributed by atoms with van der Waals surface area (Å²) < 4.78 is 2.68. The Kier molecular flexibility index (Phi) is 5.63. The van der Waals surface area contributed by atoms with Gasteiger partial charge >= 0.3 is 0 Å². The molecule has 2 aromatic heterocycles. The summed E-state index contributed by atoms with van der Waals surface area (Å²) in [6.45, 7) is 5.86. The Bertz CT molecular complexity index is 887. The van der Waals surface area contributed by atoms with Gasteiger partial charge in [0.2, 0.25) is 0 Å². The van der Waals surface area contributed by atoms with E-state index in [9.17, 15) is 4.79 Å². The van der Waals surface area contributed by atoms with Crippen LogP contribution in [0.15, 0.2) is 24.8 Å². The molecule has 0 radical (unpaired) electrons. The topological polar surface area (TPSA) is 67.2 Å². The van der Waals surface area contributed by atoms with E-state index in [0.29, 0.717) is 6.54 Å². The summed E-state index contributed by atoms with van der Waals surface area (Å²) in [7, 11) is 4.07. The van der Waals surface area contributed by atoms with Gasteiger partial charge in [0, 0.05) is 6.54 Å². The zero-order valence-electron chi connectivity index (χ0n) is 15.6. The molecule has 0 atom stereocenters. The summed E-state index contributed by atoms with van der Waals surface area (Å²) in [5, 5.41) is 4.79. The van der Waals surface area contributed by atoms with E-state index >= 15 is 0 Å². The first-order chi connectivity index (χ1) is 12.4. The van der Waals surface area contributed by atoms with Gasteiger partial charge in [0.25, 0.3) is 5.91 Å². The van der Waals surface area contributed by atoms with E-state index in [1.807, 2.05) is 14.1 Å². The molecular weight excluding hydrogens is 348 g/mol. The van der Waals surface area contributed by atoms with E-state index < -0.39 is 0 Å². The Morgan fingerprint density at radius 3 is 2.73 bits per heavy atom. The molecule has 138 valence electrons. The Hall–Kier alpha value is -2.32. The predicted octanol–water partition coefficient (Wildman–Crippen LogP) is 2.49. The standard InChI is InChI=1S/C18H24N6OS/c1-13-8-14(2)17-15(9-13)21-18(26-17)24(7-5-6-22(3)4)16(25)10-23-12-19-11-20-23/h8-9,11-12H,5-7,10H2,1-4H3. The van der Waals surface area contributed by atoms with Crippen molar-refractivity contribution >= 4 is 32.6 Å². The van der Waals surface area contributed by atoms with E-state index in [2.05, 4.69) is 41.0 Å². The zero-order valence-corrected chi connectivity index (χ0v) is 16.5. The smallest absolute Gasteiger partial charge is 0.250 e. The van der Waals surface area contributed by atoms with Gasteiger partial charge in [0.1, 0.15) is 19.2 Å². The molecule has 3 rings (SSSR count). The highest BCUT2D eigenvalue weighted by Crippen LogP contribution is 2.32. The van der Waals surface area contributed by atoms with Crippen molar-refractivity contribution in [2.45, 2.75) is 26.8 Å². The number of thiazole rings is 1. The van der Waals surface area contributed by atoms with Gasteiger partial charge in [-0.25, -0.2) is 14.6 Å². The van der Waals surface area contributed by atoms with Gasteiger partial charge in [-0.05, 0) is 58.1 Å². The number of carbonyl (C=O) groups excluding carboxylic acids is 1. The van der Waals surface area contributed by atoms with Crippen molar-refractivity contribution < 1.29 is 4.79 Å². The second-order valence-corrected chi connectivity index (χ2v) is 7.70. The molecule has 3 aromatic rings. The van der Waals surface area contributed by atoms with Crippen molar-refractivity contribution in [1.82, 2.24) is 24.6 Å². The molecule has 1 amide bonds. The lowest BCUT2D eigenvalue weighted by Gasteiger charge is -2.20. The average molecular weight is 372 g/mol. The van der Waals surface area contributed by atoms with Crippen LogP contribution in [0.3, 0.4) is 0 Å². The fourth-order valence-corrected chi connectivity index (χ4v) is 3.95. The van der Waals surface area contributed by atoms with Crippen molar-refractivity contribution in [2.24, 2.45) is 0 Å². The summed E-state index contributed by atoms with van der Waals surface area (Å²) in [6.07, 6.45) is 3.87. The highest BCUT2D eigenvalue weighted by molar-refractivity contribution is 7.22. The molecule has 0 fully saturated rings. The maximum absolute atomic E-state index is 12.9. The number of rotatable bonds is 7. The maximum Gasteiger partial charge on any atom is 0.250 e. The number of hydrogen-bond donors (Lipinski definition) is 0. The minimum atomic E-state index is -0.0253. The molecule has 8 heteroatoms. The third-order valence-electron chi connectivity index (χ3n) is 4.09. The number of carbonyl (C=O) groups is 1. The molecule has 0 aliphatic carbocycles. The van der Waals surface area contributed by atoms with Crippen LogP contribution in [-0.2, 0) is 11.3 Å².